The zero-order valence-electron chi connectivity index (χ0n) is 12.6. The number of hydrogen-bond acceptors (Lipinski definition) is 2. The van der Waals surface area contributed by atoms with E-state index in [1.165, 1.54) is 30.6 Å². The van der Waals surface area contributed by atoms with E-state index >= 15 is 0 Å². The van der Waals surface area contributed by atoms with E-state index in [0.29, 0.717) is 0 Å². The van der Waals surface area contributed by atoms with Gasteiger partial charge in [-0.1, -0.05) is 20.3 Å². The van der Waals surface area contributed by atoms with Gasteiger partial charge in [0.05, 0.1) is 11.0 Å². The lowest BCUT2D eigenvalue weighted by Crippen LogP contribution is -2.11. The molecule has 0 bridgehead atoms. The average molecular weight is 271 g/mol. The number of aryl methyl sites for hydroxylation is 1. The maximum absolute atomic E-state index is 5.89. The van der Waals surface area contributed by atoms with Gasteiger partial charge >= 0.3 is 0 Å². The molecule has 1 saturated carbocycles. The summed E-state index contributed by atoms with van der Waals surface area (Å²) in [5.74, 6) is 2.93. The topological polar surface area (TPSA) is 43.8 Å². The van der Waals surface area contributed by atoms with E-state index < -0.39 is 0 Å². The molecule has 108 valence electrons. The number of nitrogens with two attached hydrogens (primary N) is 1. The van der Waals surface area contributed by atoms with Crippen molar-refractivity contribution in [3.05, 3.63) is 24.0 Å². The number of anilines is 1. The summed E-state index contributed by atoms with van der Waals surface area (Å²) in [6.45, 7) is 5.72. The molecule has 2 unspecified atom stereocenters. The third-order valence-corrected chi connectivity index (χ3v) is 4.57. The van der Waals surface area contributed by atoms with Crippen molar-refractivity contribution in [3.8, 4) is 0 Å². The Morgan fingerprint density at radius 2 is 2.20 bits per heavy atom. The molecule has 3 rings (SSSR count). The van der Waals surface area contributed by atoms with Crippen LogP contribution >= 0.6 is 0 Å². The highest BCUT2D eigenvalue weighted by molar-refractivity contribution is 5.79. The minimum absolute atomic E-state index is 0.805. The molecule has 3 heteroatoms. The number of hydrogen-bond donors (Lipinski definition) is 1. The highest BCUT2D eigenvalue weighted by atomic mass is 15.1. The maximum atomic E-state index is 5.89. The van der Waals surface area contributed by atoms with Crippen molar-refractivity contribution in [1.82, 2.24) is 9.55 Å². The molecule has 0 radical (unpaired) electrons. The molecule has 1 aliphatic carbocycles. The number of rotatable bonds is 4. The van der Waals surface area contributed by atoms with Crippen molar-refractivity contribution < 1.29 is 0 Å². The second-order valence-electron chi connectivity index (χ2n) is 6.42. The van der Waals surface area contributed by atoms with Gasteiger partial charge in [0.2, 0.25) is 0 Å². The van der Waals surface area contributed by atoms with Crippen LogP contribution in [0.5, 0.6) is 0 Å². The summed E-state index contributed by atoms with van der Waals surface area (Å²) in [6.07, 6.45) is 6.30. The van der Waals surface area contributed by atoms with Gasteiger partial charge in [0.25, 0.3) is 0 Å². The number of aromatic nitrogens is 2. The number of nitrogen functional groups attached to an aromatic ring is 1. The van der Waals surface area contributed by atoms with E-state index in [1.807, 2.05) is 12.1 Å². The predicted octanol–water partition coefficient (Wildman–Crippen LogP) is 4.01. The normalized spacial score (nSPS) is 22.7. The first-order chi connectivity index (χ1) is 9.67. The summed E-state index contributed by atoms with van der Waals surface area (Å²) in [6, 6.07) is 6.13. The van der Waals surface area contributed by atoms with Crippen molar-refractivity contribution in [2.75, 3.05) is 5.73 Å². The molecule has 1 aromatic heterocycles. The standard InChI is InChI=1S/C17H25N3/c1-3-4-17-19-15-10-14(18)7-8-16(15)20(17)11-13-6-5-12(2)9-13/h7-8,10,12-13H,3-6,9,11,18H2,1-2H3. The Labute approximate surface area is 121 Å². The molecule has 0 aliphatic heterocycles. The van der Waals surface area contributed by atoms with Gasteiger partial charge in [0.15, 0.2) is 0 Å². The van der Waals surface area contributed by atoms with Crippen molar-refractivity contribution in [2.45, 2.75) is 52.5 Å². The third kappa shape index (κ3) is 2.54. The van der Waals surface area contributed by atoms with Crippen molar-refractivity contribution in [2.24, 2.45) is 11.8 Å². The van der Waals surface area contributed by atoms with E-state index in [4.69, 9.17) is 10.7 Å². The fourth-order valence-electron chi connectivity index (χ4n) is 3.56. The molecule has 2 atom stereocenters. The number of imidazole rings is 1. The fourth-order valence-corrected chi connectivity index (χ4v) is 3.56. The van der Waals surface area contributed by atoms with Crippen LogP contribution in [0.4, 0.5) is 5.69 Å². The Bertz CT molecular complexity index is 600. The van der Waals surface area contributed by atoms with Gasteiger partial charge in [-0.25, -0.2) is 4.98 Å². The molecular weight excluding hydrogens is 246 g/mol. The predicted molar refractivity (Wildman–Crippen MR) is 84.6 cm³/mol. The average Bonchev–Trinajstić information content (AvgIpc) is 2.95. The summed E-state index contributed by atoms with van der Waals surface area (Å²) < 4.78 is 2.45. The van der Waals surface area contributed by atoms with Gasteiger partial charge in [-0.2, -0.15) is 0 Å². The lowest BCUT2D eigenvalue weighted by atomic mass is 10.1. The third-order valence-electron chi connectivity index (χ3n) is 4.57. The van der Waals surface area contributed by atoms with Gasteiger partial charge in [-0.3, -0.25) is 0 Å². The Kier molecular flexibility index (Phi) is 3.68. The van der Waals surface area contributed by atoms with E-state index in [2.05, 4.69) is 24.5 Å². The summed E-state index contributed by atoms with van der Waals surface area (Å²) in [7, 11) is 0. The minimum Gasteiger partial charge on any atom is -0.399 e. The van der Waals surface area contributed by atoms with Crippen LogP contribution in [0.1, 0.15) is 45.4 Å². The highest BCUT2D eigenvalue weighted by Gasteiger charge is 2.23. The van der Waals surface area contributed by atoms with Gasteiger partial charge < -0.3 is 10.3 Å². The Balaban J connectivity index is 1.95. The molecule has 1 aromatic carbocycles. The zero-order valence-corrected chi connectivity index (χ0v) is 12.6. The van der Waals surface area contributed by atoms with E-state index in [-0.39, 0.29) is 0 Å². The summed E-state index contributed by atoms with van der Waals surface area (Å²) in [5.41, 5.74) is 9.00. The first kappa shape index (κ1) is 13.5. The van der Waals surface area contributed by atoms with Crippen molar-refractivity contribution in [1.29, 1.82) is 0 Å². The van der Waals surface area contributed by atoms with Crippen LogP contribution in [0.2, 0.25) is 0 Å². The molecule has 0 spiro atoms. The molecular formula is C17H25N3. The summed E-state index contributed by atoms with van der Waals surface area (Å²) in [4.78, 5) is 4.81. The van der Waals surface area contributed by atoms with Crippen LogP contribution < -0.4 is 5.73 Å². The van der Waals surface area contributed by atoms with Gasteiger partial charge in [-0.05, 0) is 49.3 Å². The van der Waals surface area contributed by atoms with Crippen molar-refractivity contribution in [3.63, 3.8) is 0 Å². The molecule has 0 saturated heterocycles. The lowest BCUT2D eigenvalue weighted by Gasteiger charge is -2.14. The molecule has 3 nitrogen and oxygen atoms in total. The van der Waals surface area contributed by atoms with Gasteiger partial charge in [0, 0.05) is 18.7 Å². The fraction of sp³-hybridized carbons (Fsp3) is 0.588. The second-order valence-corrected chi connectivity index (χ2v) is 6.42. The van der Waals surface area contributed by atoms with Crippen molar-refractivity contribution >= 4 is 16.7 Å². The lowest BCUT2D eigenvalue weighted by molar-refractivity contribution is 0.438. The second kappa shape index (κ2) is 5.47. The van der Waals surface area contributed by atoms with E-state index in [0.717, 1.165) is 42.4 Å². The summed E-state index contributed by atoms with van der Waals surface area (Å²) in [5, 5.41) is 0. The van der Waals surface area contributed by atoms with Gasteiger partial charge in [0.1, 0.15) is 5.82 Å². The molecule has 20 heavy (non-hydrogen) atoms. The van der Waals surface area contributed by atoms with Crippen LogP contribution in [0, 0.1) is 11.8 Å². The largest absolute Gasteiger partial charge is 0.399 e. The zero-order chi connectivity index (χ0) is 14.1. The first-order valence-electron chi connectivity index (χ1n) is 7.92. The quantitative estimate of drug-likeness (QED) is 0.854. The maximum Gasteiger partial charge on any atom is 0.109 e. The Morgan fingerprint density at radius 3 is 2.90 bits per heavy atom. The first-order valence-corrected chi connectivity index (χ1v) is 7.92. The van der Waals surface area contributed by atoms with Crippen LogP contribution in [-0.2, 0) is 13.0 Å². The Hall–Kier alpha value is -1.51. The molecule has 1 aliphatic rings. The van der Waals surface area contributed by atoms with Crippen LogP contribution in [0.25, 0.3) is 11.0 Å². The van der Waals surface area contributed by atoms with Crippen LogP contribution in [0.3, 0.4) is 0 Å². The minimum atomic E-state index is 0.805. The molecule has 1 fully saturated rings. The monoisotopic (exact) mass is 271 g/mol. The highest BCUT2D eigenvalue weighted by Crippen LogP contribution is 2.33. The summed E-state index contributed by atoms with van der Waals surface area (Å²) >= 11 is 0. The number of benzene rings is 1. The van der Waals surface area contributed by atoms with Crippen LogP contribution in [-0.4, -0.2) is 9.55 Å². The number of fused-ring (bicyclic) bond motifs is 1. The molecule has 1 heterocycles. The number of nitrogens with zero attached hydrogens (tertiary/aromatic N) is 2. The van der Waals surface area contributed by atoms with E-state index in [1.54, 1.807) is 0 Å². The SMILES string of the molecule is CCCc1nc2cc(N)ccc2n1CC1CCC(C)C1. The Morgan fingerprint density at radius 1 is 1.35 bits per heavy atom. The smallest absolute Gasteiger partial charge is 0.109 e. The van der Waals surface area contributed by atoms with Gasteiger partial charge in [-0.15, -0.1) is 0 Å². The molecule has 2 N–H and O–H groups in total. The molecule has 2 aromatic rings. The van der Waals surface area contributed by atoms with Crippen LogP contribution in [0.15, 0.2) is 18.2 Å². The van der Waals surface area contributed by atoms with E-state index in [9.17, 15) is 0 Å². The molecule has 0 amide bonds.